The highest BCUT2D eigenvalue weighted by atomic mass is 35.5. The molecular weight excluding hydrogens is 481 g/mol. The van der Waals surface area contributed by atoms with Crippen LogP contribution in [-0.2, 0) is 6.42 Å². The molecule has 3 aromatic rings. The first-order chi connectivity index (χ1) is 14.9. The molecule has 0 radical (unpaired) electrons. The number of carbonyl (C=O) groups is 1. The van der Waals surface area contributed by atoms with E-state index in [2.05, 4.69) is 15.5 Å². The van der Waals surface area contributed by atoms with Gasteiger partial charge in [-0.3, -0.25) is 10.1 Å². The number of anilines is 1. The van der Waals surface area contributed by atoms with Crippen LogP contribution in [0.4, 0.5) is 5.13 Å². The SMILES string of the molecule is COc1cc(C(=O)Nc2nnc(CCSc3cc(Cl)ccc3Cl)s2)cc(OC)c1OC. The Kier molecular flexibility index (Phi) is 8.25. The van der Waals surface area contributed by atoms with Crippen molar-refractivity contribution in [3.8, 4) is 17.2 Å². The van der Waals surface area contributed by atoms with E-state index >= 15 is 0 Å². The molecule has 7 nitrogen and oxygen atoms in total. The number of aryl methyl sites for hydroxylation is 1. The van der Waals surface area contributed by atoms with Crippen molar-refractivity contribution < 1.29 is 19.0 Å². The summed E-state index contributed by atoms with van der Waals surface area (Å²) in [5, 5.41) is 13.4. The molecular formula is C20H19Cl2N3O4S2. The summed E-state index contributed by atoms with van der Waals surface area (Å²) >= 11 is 15.1. The quantitative estimate of drug-likeness (QED) is 0.391. The van der Waals surface area contributed by atoms with Crippen molar-refractivity contribution in [1.29, 1.82) is 0 Å². The summed E-state index contributed by atoms with van der Waals surface area (Å²) in [6.07, 6.45) is 0.672. The van der Waals surface area contributed by atoms with Gasteiger partial charge >= 0.3 is 0 Å². The van der Waals surface area contributed by atoms with Gasteiger partial charge in [0, 0.05) is 27.7 Å². The van der Waals surface area contributed by atoms with Crippen molar-refractivity contribution >= 4 is 57.3 Å². The first-order valence-electron chi connectivity index (χ1n) is 8.96. The van der Waals surface area contributed by atoms with E-state index in [-0.39, 0.29) is 5.91 Å². The molecule has 0 saturated carbocycles. The Labute approximate surface area is 198 Å². The van der Waals surface area contributed by atoms with Crippen LogP contribution in [0.5, 0.6) is 17.2 Å². The molecule has 1 aromatic heterocycles. The van der Waals surface area contributed by atoms with Gasteiger partial charge in [0.25, 0.3) is 5.91 Å². The summed E-state index contributed by atoms with van der Waals surface area (Å²) in [6, 6.07) is 8.50. The zero-order valence-electron chi connectivity index (χ0n) is 16.9. The third-order valence-corrected chi connectivity index (χ3v) is 6.71. The maximum absolute atomic E-state index is 12.7. The molecule has 1 N–H and O–H groups in total. The molecule has 3 rings (SSSR count). The van der Waals surface area contributed by atoms with E-state index in [1.807, 2.05) is 6.07 Å². The van der Waals surface area contributed by atoms with E-state index in [0.717, 1.165) is 15.7 Å². The number of nitrogens with one attached hydrogen (secondary N) is 1. The zero-order valence-corrected chi connectivity index (χ0v) is 20.0. The van der Waals surface area contributed by atoms with Crippen LogP contribution >= 0.6 is 46.3 Å². The normalized spacial score (nSPS) is 10.6. The van der Waals surface area contributed by atoms with E-state index in [1.54, 1.807) is 36.0 Å². The molecule has 0 atom stereocenters. The number of ether oxygens (including phenoxy) is 3. The monoisotopic (exact) mass is 499 g/mol. The molecule has 0 spiro atoms. The van der Waals surface area contributed by atoms with E-state index < -0.39 is 0 Å². The van der Waals surface area contributed by atoms with Gasteiger partial charge in [0.15, 0.2) is 11.5 Å². The lowest BCUT2D eigenvalue weighted by molar-refractivity contribution is 0.102. The lowest BCUT2D eigenvalue weighted by Gasteiger charge is -2.13. The van der Waals surface area contributed by atoms with E-state index in [0.29, 0.717) is 44.4 Å². The van der Waals surface area contributed by atoms with Crippen LogP contribution in [0.2, 0.25) is 10.0 Å². The summed E-state index contributed by atoms with van der Waals surface area (Å²) < 4.78 is 15.9. The maximum Gasteiger partial charge on any atom is 0.257 e. The molecule has 31 heavy (non-hydrogen) atoms. The van der Waals surface area contributed by atoms with Crippen molar-refractivity contribution in [1.82, 2.24) is 10.2 Å². The number of hydrogen-bond donors (Lipinski definition) is 1. The molecule has 11 heteroatoms. The zero-order chi connectivity index (χ0) is 22.4. The molecule has 1 amide bonds. The summed E-state index contributed by atoms with van der Waals surface area (Å²) in [5.74, 6) is 1.58. The molecule has 0 aliphatic rings. The largest absolute Gasteiger partial charge is 0.493 e. The minimum Gasteiger partial charge on any atom is -0.493 e. The fourth-order valence-electron chi connectivity index (χ4n) is 2.62. The van der Waals surface area contributed by atoms with Gasteiger partial charge in [0.05, 0.1) is 26.4 Å². The van der Waals surface area contributed by atoms with Gasteiger partial charge in [-0.15, -0.1) is 22.0 Å². The third kappa shape index (κ3) is 5.94. The number of rotatable bonds is 9. The highest BCUT2D eigenvalue weighted by Gasteiger charge is 2.18. The van der Waals surface area contributed by atoms with Gasteiger partial charge in [0.2, 0.25) is 10.9 Å². The average molecular weight is 500 g/mol. The van der Waals surface area contributed by atoms with Crippen LogP contribution in [0, 0.1) is 0 Å². The Morgan fingerprint density at radius 1 is 1.06 bits per heavy atom. The van der Waals surface area contributed by atoms with E-state index in [1.165, 1.54) is 32.7 Å². The summed E-state index contributed by atoms with van der Waals surface area (Å²) in [7, 11) is 4.48. The van der Waals surface area contributed by atoms with Gasteiger partial charge in [-0.25, -0.2) is 0 Å². The number of hydrogen-bond acceptors (Lipinski definition) is 8. The summed E-state index contributed by atoms with van der Waals surface area (Å²) in [5.41, 5.74) is 0.345. The van der Waals surface area contributed by atoms with Gasteiger partial charge in [-0.05, 0) is 30.3 Å². The van der Waals surface area contributed by atoms with Crippen LogP contribution in [0.15, 0.2) is 35.2 Å². The van der Waals surface area contributed by atoms with Gasteiger partial charge in [-0.2, -0.15) is 0 Å². The molecule has 0 saturated heterocycles. The first kappa shape index (κ1) is 23.5. The van der Waals surface area contributed by atoms with Crippen LogP contribution in [0.25, 0.3) is 0 Å². The number of aromatic nitrogens is 2. The lowest BCUT2D eigenvalue weighted by Crippen LogP contribution is -2.12. The van der Waals surface area contributed by atoms with Crippen molar-refractivity contribution in [2.75, 3.05) is 32.4 Å². The summed E-state index contributed by atoms with van der Waals surface area (Å²) in [4.78, 5) is 13.6. The van der Waals surface area contributed by atoms with Crippen molar-refractivity contribution in [3.63, 3.8) is 0 Å². The second kappa shape index (κ2) is 10.9. The predicted octanol–water partition coefficient (Wildman–Crippen LogP) is 5.46. The predicted molar refractivity (Wildman–Crippen MR) is 125 cm³/mol. The number of methoxy groups -OCH3 is 3. The van der Waals surface area contributed by atoms with E-state index in [9.17, 15) is 4.79 Å². The van der Waals surface area contributed by atoms with Crippen molar-refractivity contribution in [3.05, 3.63) is 50.9 Å². The van der Waals surface area contributed by atoms with Crippen LogP contribution in [-0.4, -0.2) is 43.2 Å². The molecule has 0 aliphatic heterocycles. The van der Waals surface area contributed by atoms with Crippen LogP contribution in [0.1, 0.15) is 15.4 Å². The Morgan fingerprint density at radius 3 is 2.42 bits per heavy atom. The first-order valence-corrected chi connectivity index (χ1v) is 11.5. The molecule has 164 valence electrons. The fraction of sp³-hybridized carbons (Fsp3) is 0.250. The minimum absolute atomic E-state index is 0.345. The topological polar surface area (TPSA) is 82.6 Å². The number of thioether (sulfide) groups is 1. The highest BCUT2D eigenvalue weighted by molar-refractivity contribution is 7.99. The fourth-order valence-corrected chi connectivity index (χ4v) is 4.94. The Hall–Kier alpha value is -2.20. The number of amides is 1. The highest BCUT2D eigenvalue weighted by Crippen LogP contribution is 2.38. The van der Waals surface area contributed by atoms with Gasteiger partial charge < -0.3 is 14.2 Å². The number of halogens is 2. The summed E-state index contributed by atoms with van der Waals surface area (Å²) in [6.45, 7) is 0. The molecule has 0 unspecified atom stereocenters. The second-order valence-corrected chi connectivity index (χ2v) is 9.08. The standard InChI is InChI=1S/C20H19Cl2N3O4S2/c1-27-14-8-11(9-15(28-2)18(14)29-3)19(26)23-20-25-24-17(31-20)6-7-30-16-10-12(21)4-5-13(16)22/h4-5,8-10H,6-7H2,1-3H3,(H,23,25,26). The minimum atomic E-state index is -0.359. The Balaban J connectivity index is 1.63. The third-order valence-electron chi connectivity index (χ3n) is 4.08. The molecule has 0 fully saturated rings. The molecule has 2 aromatic carbocycles. The molecule has 0 bridgehead atoms. The lowest BCUT2D eigenvalue weighted by atomic mass is 10.1. The van der Waals surface area contributed by atoms with Crippen molar-refractivity contribution in [2.24, 2.45) is 0 Å². The number of benzene rings is 2. The van der Waals surface area contributed by atoms with Crippen molar-refractivity contribution in [2.45, 2.75) is 11.3 Å². The van der Waals surface area contributed by atoms with Gasteiger partial charge in [-0.1, -0.05) is 34.5 Å². The number of carbonyl (C=O) groups excluding carboxylic acids is 1. The maximum atomic E-state index is 12.7. The Bertz CT molecular complexity index is 1050. The number of nitrogens with zero attached hydrogens (tertiary/aromatic N) is 2. The molecule has 0 aliphatic carbocycles. The second-order valence-electron chi connectivity index (χ2n) is 6.04. The van der Waals surface area contributed by atoms with Gasteiger partial charge in [0.1, 0.15) is 5.01 Å². The van der Waals surface area contributed by atoms with Crippen LogP contribution < -0.4 is 19.5 Å². The van der Waals surface area contributed by atoms with Crippen LogP contribution in [0.3, 0.4) is 0 Å². The Morgan fingerprint density at radius 2 is 1.77 bits per heavy atom. The molecule has 1 heterocycles. The van der Waals surface area contributed by atoms with E-state index in [4.69, 9.17) is 37.4 Å². The average Bonchev–Trinajstić information content (AvgIpc) is 3.21. The smallest absolute Gasteiger partial charge is 0.257 e.